The highest BCUT2D eigenvalue weighted by molar-refractivity contribution is 5.24. The van der Waals surface area contributed by atoms with Crippen LogP contribution < -0.4 is 0 Å². The number of halogens is 1. The van der Waals surface area contributed by atoms with Gasteiger partial charge in [-0.1, -0.05) is 43.7 Å². The van der Waals surface area contributed by atoms with Crippen LogP contribution >= 0.6 is 0 Å². The maximum Gasteiger partial charge on any atom is 0.212 e. The zero-order valence-electron chi connectivity index (χ0n) is 11.4. The normalized spacial score (nSPS) is 10.6. The van der Waals surface area contributed by atoms with E-state index in [0.717, 1.165) is 18.4 Å². The van der Waals surface area contributed by atoms with Crippen LogP contribution in [0.25, 0.3) is 0 Å². The molecule has 2 rings (SSSR count). The number of aryl methyl sites for hydroxylation is 3. The molecule has 2 heteroatoms. The van der Waals surface area contributed by atoms with Gasteiger partial charge in [0.05, 0.1) is 0 Å². The lowest BCUT2D eigenvalue weighted by atomic mass is 10.0. The summed E-state index contributed by atoms with van der Waals surface area (Å²) in [4.78, 5) is 3.67. The molecule has 0 fully saturated rings. The third kappa shape index (κ3) is 4.47. The minimum absolute atomic E-state index is 0.413. The summed E-state index contributed by atoms with van der Waals surface area (Å²) in [5.41, 5.74) is 3.81. The van der Waals surface area contributed by atoms with Crippen LogP contribution in [0.2, 0.25) is 0 Å². The van der Waals surface area contributed by atoms with Gasteiger partial charge in [-0.15, -0.1) is 0 Å². The van der Waals surface area contributed by atoms with Crippen LogP contribution in [0.15, 0.2) is 42.6 Å². The predicted molar refractivity (Wildman–Crippen MR) is 76.7 cm³/mol. The van der Waals surface area contributed by atoms with E-state index in [4.69, 9.17) is 0 Å². The summed E-state index contributed by atoms with van der Waals surface area (Å²) in [6, 6.07) is 12.0. The highest BCUT2D eigenvalue weighted by atomic mass is 19.1. The molecule has 0 atom stereocenters. The largest absolute Gasteiger partial charge is 0.228 e. The number of rotatable bonds is 6. The van der Waals surface area contributed by atoms with Crippen molar-refractivity contribution in [1.82, 2.24) is 4.98 Å². The van der Waals surface area contributed by atoms with Crippen molar-refractivity contribution in [3.05, 3.63) is 65.2 Å². The molecule has 0 aliphatic heterocycles. The van der Waals surface area contributed by atoms with Crippen LogP contribution in [0.5, 0.6) is 0 Å². The summed E-state index contributed by atoms with van der Waals surface area (Å²) < 4.78 is 12.7. The number of hydrogen-bond donors (Lipinski definition) is 0. The summed E-state index contributed by atoms with van der Waals surface area (Å²) in [6.07, 6.45) is 7.15. The number of benzene rings is 1. The second kappa shape index (κ2) is 7.03. The number of nitrogens with zero attached hydrogens (tertiary/aromatic N) is 1. The zero-order valence-corrected chi connectivity index (χ0v) is 11.4. The van der Waals surface area contributed by atoms with Crippen LogP contribution in [0, 0.1) is 5.95 Å². The van der Waals surface area contributed by atoms with Crippen molar-refractivity contribution < 1.29 is 4.39 Å². The molecule has 0 spiro atoms. The first-order valence-electron chi connectivity index (χ1n) is 6.96. The van der Waals surface area contributed by atoms with Crippen molar-refractivity contribution in [1.29, 1.82) is 0 Å². The van der Waals surface area contributed by atoms with Crippen molar-refractivity contribution in [2.45, 2.75) is 39.0 Å². The molecule has 0 aliphatic carbocycles. The molecule has 1 heterocycles. The van der Waals surface area contributed by atoms with Crippen LogP contribution in [0.1, 0.15) is 36.5 Å². The molecular formula is C17H20FN. The van der Waals surface area contributed by atoms with E-state index in [-0.39, 0.29) is 0 Å². The fourth-order valence-electron chi connectivity index (χ4n) is 2.10. The monoisotopic (exact) mass is 257 g/mol. The van der Waals surface area contributed by atoms with Crippen molar-refractivity contribution in [2.75, 3.05) is 0 Å². The van der Waals surface area contributed by atoms with Crippen LogP contribution in [-0.4, -0.2) is 4.98 Å². The number of unbranched alkanes of at least 4 members (excludes halogenated alkanes) is 1. The van der Waals surface area contributed by atoms with Gasteiger partial charge < -0.3 is 0 Å². The minimum atomic E-state index is -0.413. The lowest BCUT2D eigenvalue weighted by Crippen LogP contribution is -1.94. The Kier molecular flexibility index (Phi) is 5.08. The van der Waals surface area contributed by atoms with Gasteiger partial charge in [0.15, 0.2) is 0 Å². The Balaban J connectivity index is 1.87. The number of pyridine rings is 1. The smallest absolute Gasteiger partial charge is 0.212 e. The maximum atomic E-state index is 12.7. The van der Waals surface area contributed by atoms with Gasteiger partial charge in [0.25, 0.3) is 0 Å². The second-order valence-electron chi connectivity index (χ2n) is 4.91. The quantitative estimate of drug-likeness (QED) is 0.701. The Morgan fingerprint density at radius 1 is 0.842 bits per heavy atom. The first kappa shape index (κ1) is 13.7. The fourth-order valence-corrected chi connectivity index (χ4v) is 2.10. The predicted octanol–water partition coefficient (Wildman–Crippen LogP) is 4.35. The van der Waals surface area contributed by atoms with Gasteiger partial charge in [-0.05, 0) is 48.4 Å². The zero-order chi connectivity index (χ0) is 13.5. The van der Waals surface area contributed by atoms with E-state index in [9.17, 15) is 4.39 Å². The molecule has 1 nitrogen and oxygen atoms in total. The maximum absolute atomic E-state index is 12.7. The summed E-state index contributed by atoms with van der Waals surface area (Å²) in [6.45, 7) is 2.21. The third-order valence-corrected chi connectivity index (χ3v) is 3.33. The summed E-state index contributed by atoms with van der Waals surface area (Å²) >= 11 is 0. The molecule has 0 N–H and O–H groups in total. The van der Waals surface area contributed by atoms with Gasteiger partial charge in [-0.2, -0.15) is 4.39 Å². The van der Waals surface area contributed by atoms with E-state index in [1.807, 2.05) is 0 Å². The SMILES string of the molecule is CCCCc1ccc(CCc2ccc(F)nc2)cc1. The van der Waals surface area contributed by atoms with Gasteiger partial charge >= 0.3 is 0 Å². The van der Waals surface area contributed by atoms with E-state index in [2.05, 4.69) is 36.2 Å². The second-order valence-corrected chi connectivity index (χ2v) is 4.91. The fraction of sp³-hybridized carbons (Fsp3) is 0.353. The molecule has 2 aromatic rings. The molecular weight excluding hydrogens is 237 g/mol. The van der Waals surface area contributed by atoms with Gasteiger partial charge in [0.2, 0.25) is 5.95 Å². The summed E-state index contributed by atoms with van der Waals surface area (Å²) in [5, 5.41) is 0. The van der Waals surface area contributed by atoms with Crippen LogP contribution in [0.4, 0.5) is 4.39 Å². The Hall–Kier alpha value is -1.70. The topological polar surface area (TPSA) is 12.9 Å². The third-order valence-electron chi connectivity index (χ3n) is 3.33. The lowest BCUT2D eigenvalue weighted by molar-refractivity contribution is 0.582. The first-order valence-corrected chi connectivity index (χ1v) is 6.96. The molecule has 19 heavy (non-hydrogen) atoms. The lowest BCUT2D eigenvalue weighted by Gasteiger charge is -2.04. The van der Waals surface area contributed by atoms with E-state index >= 15 is 0 Å². The van der Waals surface area contributed by atoms with Crippen LogP contribution in [-0.2, 0) is 19.3 Å². The molecule has 1 aromatic heterocycles. The van der Waals surface area contributed by atoms with Gasteiger partial charge in [-0.3, -0.25) is 0 Å². The van der Waals surface area contributed by atoms with Crippen molar-refractivity contribution in [2.24, 2.45) is 0 Å². The highest BCUT2D eigenvalue weighted by Gasteiger charge is 1.98. The van der Waals surface area contributed by atoms with Crippen molar-refractivity contribution in [3.63, 3.8) is 0 Å². The molecule has 0 aliphatic rings. The molecule has 100 valence electrons. The Morgan fingerprint density at radius 2 is 1.42 bits per heavy atom. The summed E-state index contributed by atoms with van der Waals surface area (Å²) in [5.74, 6) is -0.413. The molecule has 0 bridgehead atoms. The Morgan fingerprint density at radius 3 is 2.00 bits per heavy atom. The Labute approximate surface area is 114 Å². The molecule has 1 aromatic carbocycles. The molecule has 0 saturated carbocycles. The van der Waals surface area contributed by atoms with Gasteiger partial charge in [-0.25, -0.2) is 4.98 Å². The van der Waals surface area contributed by atoms with Gasteiger partial charge in [0.1, 0.15) is 0 Å². The Bertz CT molecular complexity index is 488. The molecule has 0 radical (unpaired) electrons. The average molecular weight is 257 g/mol. The van der Waals surface area contributed by atoms with Crippen molar-refractivity contribution >= 4 is 0 Å². The van der Waals surface area contributed by atoms with Crippen LogP contribution in [0.3, 0.4) is 0 Å². The standard InChI is InChI=1S/C17H20FN/c1-2-3-4-14-5-7-15(8-6-14)9-10-16-11-12-17(18)19-13-16/h5-8,11-13H,2-4,9-10H2,1H3. The summed E-state index contributed by atoms with van der Waals surface area (Å²) in [7, 11) is 0. The van der Waals surface area contributed by atoms with E-state index < -0.39 is 5.95 Å². The van der Waals surface area contributed by atoms with E-state index in [1.165, 1.54) is 36.5 Å². The molecule has 0 unspecified atom stereocenters. The molecule has 0 saturated heterocycles. The first-order chi connectivity index (χ1) is 9.28. The van der Waals surface area contributed by atoms with E-state index in [0.29, 0.717) is 0 Å². The molecule has 0 amide bonds. The number of hydrogen-bond acceptors (Lipinski definition) is 1. The van der Waals surface area contributed by atoms with Gasteiger partial charge in [0, 0.05) is 6.20 Å². The minimum Gasteiger partial charge on any atom is -0.228 e. The van der Waals surface area contributed by atoms with E-state index in [1.54, 1.807) is 12.3 Å². The van der Waals surface area contributed by atoms with Crippen molar-refractivity contribution in [3.8, 4) is 0 Å². The number of aromatic nitrogens is 1. The highest BCUT2D eigenvalue weighted by Crippen LogP contribution is 2.11. The average Bonchev–Trinajstić information content (AvgIpc) is 2.46.